The molecule has 1 aromatic rings. The Bertz CT molecular complexity index is 284. The van der Waals surface area contributed by atoms with Crippen LogP contribution in [0.4, 0.5) is 0 Å². The first-order valence-electron chi connectivity index (χ1n) is 5.88. The maximum absolute atomic E-state index is 6.28. The lowest BCUT2D eigenvalue weighted by molar-refractivity contribution is 0.246. The van der Waals surface area contributed by atoms with E-state index in [9.17, 15) is 0 Å². The van der Waals surface area contributed by atoms with Gasteiger partial charge in [-0.1, -0.05) is 19.8 Å². The highest BCUT2D eigenvalue weighted by Gasteiger charge is 2.24. The van der Waals surface area contributed by atoms with Crippen molar-refractivity contribution in [3.05, 3.63) is 16.6 Å². The van der Waals surface area contributed by atoms with Crippen LogP contribution in [0.25, 0.3) is 0 Å². The zero-order valence-corrected chi connectivity index (χ0v) is 10.2. The van der Waals surface area contributed by atoms with Crippen molar-refractivity contribution in [1.29, 1.82) is 0 Å². The second-order valence-corrected chi connectivity index (χ2v) is 5.84. The number of nitrogens with two attached hydrogens (primary N) is 1. The van der Waals surface area contributed by atoms with Crippen molar-refractivity contribution in [3.63, 3.8) is 0 Å². The summed E-state index contributed by atoms with van der Waals surface area (Å²) >= 11 is 1.72. The van der Waals surface area contributed by atoms with E-state index in [0.717, 1.165) is 18.3 Å². The highest BCUT2D eigenvalue weighted by Crippen LogP contribution is 2.31. The molecule has 2 nitrogen and oxygen atoms in total. The Hall–Kier alpha value is -0.410. The van der Waals surface area contributed by atoms with Crippen LogP contribution in [-0.2, 0) is 6.42 Å². The molecule has 1 aliphatic carbocycles. The predicted octanol–water partition coefficient (Wildman–Crippen LogP) is 2.84. The molecule has 3 heteroatoms. The Morgan fingerprint density at radius 2 is 2.47 bits per heavy atom. The van der Waals surface area contributed by atoms with E-state index in [1.165, 1.54) is 30.6 Å². The minimum atomic E-state index is 0.341. The minimum absolute atomic E-state index is 0.341. The number of hydrogen-bond donors (Lipinski definition) is 1. The summed E-state index contributed by atoms with van der Waals surface area (Å²) < 4.78 is 0. The van der Waals surface area contributed by atoms with E-state index in [0.29, 0.717) is 6.04 Å². The summed E-state index contributed by atoms with van der Waals surface area (Å²) in [5.74, 6) is 1.60. The largest absolute Gasteiger partial charge is 0.327 e. The molecule has 1 saturated carbocycles. The quantitative estimate of drug-likeness (QED) is 0.857. The van der Waals surface area contributed by atoms with Crippen LogP contribution < -0.4 is 5.73 Å². The average Bonchev–Trinajstić information content (AvgIpc) is 2.70. The normalized spacial score (nSPS) is 28.9. The summed E-state index contributed by atoms with van der Waals surface area (Å²) in [6.07, 6.45) is 8.37. The van der Waals surface area contributed by atoms with Crippen molar-refractivity contribution in [3.8, 4) is 0 Å². The molecule has 1 aliphatic rings. The lowest BCUT2D eigenvalue weighted by Gasteiger charge is -2.30. The Morgan fingerprint density at radius 3 is 3.13 bits per heavy atom. The number of rotatable bonds is 3. The first-order chi connectivity index (χ1) is 7.25. The van der Waals surface area contributed by atoms with Crippen LogP contribution in [0.2, 0.25) is 0 Å². The molecule has 0 spiro atoms. The maximum atomic E-state index is 6.28. The fourth-order valence-electron chi connectivity index (χ4n) is 2.61. The van der Waals surface area contributed by atoms with Gasteiger partial charge in [-0.25, -0.2) is 0 Å². The molecule has 84 valence electrons. The van der Waals surface area contributed by atoms with Gasteiger partial charge in [0.1, 0.15) is 0 Å². The molecular formula is C12H20N2S. The smallest absolute Gasteiger partial charge is 0.0794 e. The highest BCUT2D eigenvalue weighted by atomic mass is 32.1. The van der Waals surface area contributed by atoms with Gasteiger partial charge in [-0.05, 0) is 31.1 Å². The summed E-state index contributed by atoms with van der Waals surface area (Å²) in [5.41, 5.74) is 8.18. The molecule has 0 radical (unpaired) electrons. The van der Waals surface area contributed by atoms with E-state index >= 15 is 0 Å². The molecule has 0 amide bonds. The Labute approximate surface area is 95.9 Å². The van der Waals surface area contributed by atoms with Gasteiger partial charge in [0, 0.05) is 17.1 Å². The first kappa shape index (κ1) is 11.1. The van der Waals surface area contributed by atoms with Crippen LogP contribution >= 0.6 is 11.3 Å². The summed E-state index contributed by atoms with van der Waals surface area (Å²) in [6.45, 7) is 2.35. The third-order valence-electron chi connectivity index (χ3n) is 3.50. The number of aromatic nitrogens is 1. The van der Waals surface area contributed by atoms with E-state index in [1.807, 2.05) is 11.7 Å². The maximum Gasteiger partial charge on any atom is 0.0794 e. The van der Waals surface area contributed by atoms with Crippen molar-refractivity contribution in [2.24, 2.45) is 17.6 Å². The molecule has 0 aliphatic heterocycles. The van der Waals surface area contributed by atoms with Crippen LogP contribution in [0.5, 0.6) is 0 Å². The van der Waals surface area contributed by atoms with Gasteiger partial charge in [-0.3, -0.25) is 4.98 Å². The van der Waals surface area contributed by atoms with Crippen molar-refractivity contribution >= 4 is 11.3 Å². The zero-order chi connectivity index (χ0) is 10.7. The molecule has 15 heavy (non-hydrogen) atoms. The van der Waals surface area contributed by atoms with Crippen molar-refractivity contribution < 1.29 is 0 Å². The lowest BCUT2D eigenvalue weighted by atomic mass is 9.78. The van der Waals surface area contributed by atoms with Gasteiger partial charge in [-0.15, -0.1) is 11.3 Å². The molecule has 1 heterocycles. The van der Waals surface area contributed by atoms with Gasteiger partial charge in [-0.2, -0.15) is 0 Å². The van der Waals surface area contributed by atoms with E-state index in [1.54, 1.807) is 11.3 Å². The summed E-state index contributed by atoms with van der Waals surface area (Å²) in [5, 5.41) is 0. The lowest BCUT2D eigenvalue weighted by Crippen LogP contribution is -2.34. The van der Waals surface area contributed by atoms with Crippen LogP contribution in [0.3, 0.4) is 0 Å². The van der Waals surface area contributed by atoms with Crippen LogP contribution in [0.1, 0.15) is 37.5 Å². The minimum Gasteiger partial charge on any atom is -0.327 e. The van der Waals surface area contributed by atoms with E-state index < -0.39 is 0 Å². The molecule has 1 fully saturated rings. The second-order valence-electron chi connectivity index (χ2n) is 4.87. The third kappa shape index (κ3) is 3.02. The van der Waals surface area contributed by atoms with Gasteiger partial charge in [0.05, 0.1) is 5.51 Å². The zero-order valence-electron chi connectivity index (χ0n) is 9.36. The van der Waals surface area contributed by atoms with Crippen LogP contribution in [-0.4, -0.2) is 11.0 Å². The SMILES string of the molecule is CC1CCCC(C(N)Cc2cncs2)C1. The molecule has 0 saturated heterocycles. The first-order valence-corrected chi connectivity index (χ1v) is 6.76. The van der Waals surface area contributed by atoms with Crippen molar-refractivity contribution in [1.82, 2.24) is 4.98 Å². The van der Waals surface area contributed by atoms with E-state index in [4.69, 9.17) is 5.73 Å². The molecular weight excluding hydrogens is 204 g/mol. The highest BCUT2D eigenvalue weighted by molar-refractivity contribution is 7.09. The Balaban J connectivity index is 1.87. The summed E-state index contributed by atoms with van der Waals surface area (Å²) in [7, 11) is 0. The van der Waals surface area contributed by atoms with Gasteiger partial charge < -0.3 is 5.73 Å². The molecule has 3 atom stereocenters. The number of hydrogen-bond acceptors (Lipinski definition) is 3. The Kier molecular flexibility index (Phi) is 3.76. The van der Waals surface area contributed by atoms with Crippen molar-refractivity contribution in [2.75, 3.05) is 0 Å². The fourth-order valence-corrected chi connectivity index (χ4v) is 3.28. The van der Waals surface area contributed by atoms with E-state index in [2.05, 4.69) is 11.9 Å². The second kappa shape index (κ2) is 5.08. The standard InChI is InChI=1S/C12H20N2S/c1-9-3-2-4-10(5-9)12(13)6-11-7-14-8-15-11/h7-10,12H,2-6,13H2,1H3. The number of nitrogens with zero attached hydrogens (tertiary/aromatic N) is 1. The topological polar surface area (TPSA) is 38.9 Å². The third-order valence-corrected chi connectivity index (χ3v) is 4.30. The van der Waals surface area contributed by atoms with Gasteiger partial charge >= 0.3 is 0 Å². The van der Waals surface area contributed by atoms with Gasteiger partial charge in [0.15, 0.2) is 0 Å². The average molecular weight is 224 g/mol. The Morgan fingerprint density at radius 1 is 1.60 bits per heavy atom. The summed E-state index contributed by atoms with van der Waals surface area (Å²) in [4.78, 5) is 5.43. The predicted molar refractivity (Wildman–Crippen MR) is 64.9 cm³/mol. The molecule has 1 aromatic heterocycles. The molecule has 2 N–H and O–H groups in total. The fraction of sp³-hybridized carbons (Fsp3) is 0.750. The van der Waals surface area contributed by atoms with Gasteiger partial charge in [0.25, 0.3) is 0 Å². The van der Waals surface area contributed by atoms with Crippen LogP contribution in [0.15, 0.2) is 11.7 Å². The van der Waals surface area contributed by atoms with Gasteiger partial charge in [0.2, 0.25) is 0 Å². The monoisotopic (exact) mass is 224 g/mol. The summed E-state index contributed by atoms with van der Waals surface area (Å²) in [6, 6.07) is 0.341. The van der Waals surface area contributed by atoms with Crippen molar-refractivity contribution in [2.45, 2.75) is 45.1 Å². The molecule has 3 unspecified atom stereocenters. The molecule has 0 bridgehead atoms. The van der Waals surface area contributed by atoms with Crippen LogP contribution in [0, 0.1) is 11.8 Å². The van der Waals surface area contributed by atoms with E-state index in [-0.39, 0.29) is 0 Å². The molecule has 2 rings (SSSR count). The number of thiazole rings is 1. The molecule has 0 aromatic carbocycles.